The summed E-state index contributed by atoms with van der Waals surface area (Å²) in [6.45, 7) is 3.89. The molecule has 3 aliphatic rings. The molecule has 78 valence electrons. The van der Waals surface area contributed by atoms with Crippen LogP contribution in [0.4, 0.5) is 0 Å². The van der Waals surface area contributed by atoms with Crippen LogP contribution in [0, 0.1) is 11.8 Å². The number of rotatable bonds is 0. The number of hydrogen-bond acceptors (Lipinski definition) is 4. The van der Waals surface area contributed by atoms with Crippen molar-refractivity contribution in [2.24, 2.45) is 17.0 Å². The van der Waals surface area contributed by atoms with E-state index in [1.54, 1.807) is 0 Å². The molecule has 2 saturated carbocycles. The molecule has 3 rings (SSSR count). The monoisotopic (exact) mass is 197 g/mol. The maximum Gasteiger partial charge on any atom is 0.163 e. The fourth-order valence-corrected chi connectivity index (χ4v) is 3.15. The van der Waals surface area contributed by atoms with Crippen molar-refractivity contribution in [1.29, 1.82) is 0 Å². The summed E-state index contributed by atoms with van der Waals surface area (Å²) in [7, 11) is 0. The highest BCUT2D eigenvalue weighted by Gasteiger charge is 2.59. The van der Waals surface area contributed by atoms with Gasteiger partial charge >= 0.3 is 0 Å². The van der Waals surface area contributed by atoms with E-state index in [-0.39, 0.29) is 18.1 Å². The summed E-state index contributed by atoms with van der Waals surface area (Å²) in [4.78, 5) is 0. The lowest BCUT2D eigenvalue weighted by atomic mass is 9.93. The molecular formula is C10H15NO3. The van der Waals surface area contributed by atoms with Gasteiger partial charge in [-0.1, -0.05) is 5.16 Å². The molecule has 1 saturated heterocycles. The molecule has 0 spiro atoms. The lowest BCUT2D eigenvalue weighted by Gasteiger charge is -2.21. The Kier molecular flexibility index (Phi) is 1.55. The highest BCUT2D eigenvalue weighted by atomic mass is 16.8. The Morgan fingerprint density at radius 3 is 2.79 bits per heavy atom. The van der Waals surface area contributed by atoms with Crippen molar-refractivity contribution in [2.45, 2.75) is 44.7 Å². The maximum absolute atomic E-state index is 8.83. The number of hydrogen-bond donors (Lipinski definition) is 1. The quantitative estimate of drug-likeness (QED) is 0.471. The van der Waals surface area contributed by atoms with Gasteiger partial charge in [0.2, 0.25) is 0 Å². The van der Waals surface area contributed by atoms with Crippen molar-refractivity contribution in [3.05, 3.63) is 0 Å². The zero-order valence-electron chi connectivity index (χ0n) is 8.43. The lowest BCUT2D eigenvalue weighted by Crippen LogP contribution is -2.34. The molecule has 2 aliphatic carbocycles. The Labute approximate surface area is 82.9 Å². The molecular weight excluding hydrogens is 182 g/mol. The Hall–Kier alpha value is -0.610. The minimum Gasteiger partial charge on any atom is -0.411 e. The molecule has 0 aromatic rings. The van der Waals surface area contributed by atoms with Crippen molar-refractivity contribution in [2.75, 3.05) is 0 Å². The van der Waals surface area contributed by atoms with Crippen LogP contribution >= 0.6 is 0 Å². The van der Waals surface area contributed by atoms with Crippen LogP contribution in [0.1, 0.15) is 26.7 Å². The molecule has 0 aromatic carbocycles. The molecule has 0 amide bonds. The third-order valence-corrected chi connectivity index (χ3v) is 3.61. The minimum absolute atomic E-state index is 0.120. The number of ether oxygens (including phenoxy) is 2. The second-order valence-corrected chi connectivity index (χ2v) is 4.96. The van der Waals surface area contributed by atoms with Gasteiger partial charge in [-0.15, -0.1) is 0 Å². The van der Waals surface area contributed by atoms with Crippen LogP contribution in [0.5, 0.6) is 0 Å². The fraction of sp³-hybridized carbons (Fsp3) is 0.900. The topological polar surface area (TPSA) is 51.0 Å². The van der Waals surface area contributed by atoms with Gasteiger partial charge in [0.1, 0.15) is 0 Å². The van der Waals surface area contributed by atoms with E-state index in [2.05, 4.69) is 5.16 Å². The van der Waals surface area contributed by atoms with Gasteiger partial charge in [0.05, 0.1) is 17.9 Å². The Morgan fingerprint density at radius 1 is 1.36 bits per heavy atom. The Balaban J connectivity index is 1.89. The predicted octanol–water partition coefficient (Wildman–Crippen LogP) is 1.38. The molecule has 1 heterocycles. The number of fused-ring (bicyclic) bond motifs is 5. The Morgan fingerprint density at radius 2 is 2.07 bits per heavy atom. The number of oxime groups is 1. The standard InChI is InChI=1S/C10H15NO3/c1-10(2)13-8-5-3-6(9(8)14-10)7(4-5)11-12/h5-6,8-9,12H,3-4H2,1-2H3/b11-7-/t5-,6+,8-,9+/m1/s1. The van der Waals surface area contributed by atoms with Crippen LogP contribution < -0.4 is 0 Å². The van der Waals surface area contributed by atoms with Gasteiger partial charge < -0.3 is 14.7 Å². The van der Waals surface area contributed by atoms with E-state index in [1.807, 2.05) is 13.8 Å². The largest absolute Gasteiger partial charge is 0.411 e. The molecule has 3 fully saturated rings. The molecule has 4 nitrogen and oxygen atoms in total. The first-order valence-corrected chi connectivity index (χ1v) is 5.17. The summed E-state index contributed by atoms with van der Waals surface area (Å²) in [5.74, 6) is 0.325. The first-order chi connectivity index (χ1) is 6.61. The number of nitrogens with zero attached hydrogens (tertiary/aromatic N) is 1. The predicted molar refractivity (Wildman–Crippen MR) is 49.3 cm³/mol. The summed E-state index contributed by atoms with van der Waals surface area (Å²) >= 11 is 0. The van der Waals surface area contributed by atoms with Gasteiger partial charge in [0.15, 0.2) is 5.79 Å². The van der Waals surface area contributed by atoms with Gasteiger partial charge in [0, 0.05) is 5.92 Å². The van der Waals surface area contributed by atoms with Gasteiger partial charge in [-0.25, -0.2) is 0 Å². The first-order valence-electron chi connectivity index (χ1n) is 5.17. The van der Waals surface area contributed by atoms with Gasteiger partial charge in [-0.3, -0.25) is 0 Å². The lowest BCUT2D eigenvalue weighted by molar-refractivity contribution is -0.156. The summed E-state index contributed by atoms with van der Waals surface area (Å²) in [5, 5.41) is 12.2. The average Bonchev–Trinajstić information content (AvgIpc) is 2.70. The van der Waals surface area contributed by atoms with E-state index in [0.717, 1.165) is 18.6 Å². The molecule has 14 heavy (non-hydrogen) atoms. The SMILES string of the molecule is CC1(C)O[C@@H]2[C@H]3C/C(=N/O)[C@H](C3)[C@@H]2O1. The van der Waals surface area contributed by atoms with Crippen LogP contribution in [0.25, 0.3) is 0 Å². The van der Waals surface area contributed by atoms with Gasteiger partial charge in [0.25, 0.3) is 0 Å². The zero-order chi connectivity index (χ0) is 9.92. The van der Waals surface area contributed by atoms with Crippen LogP contribution in [0.15, 0.2) is 5.16 Å². The van der Waals surface area contributed by atoms with E-state index in [9.17, 15) is 0 Å². The van der Waals surface area contributed by atoms with Crippen molar-refractivity contribution in [3.8, 4) is 0 Å². The highest BCUT2D eigenvalue weighted by molar-refractivity contribution is 5.90. The molecule has 0 radical (unpaired) electrons. The normalized spacial score (nSPS) is 51.4. The molecule has 4 heteroatoms. The molecule has 4 atom stereocenters. The van der Waals surface area contributed by atoms with Crippen LogP contribution in [0.2, 0.25) is 0 Å². The van der Waals surface area contributed by atoms with Crippen molar-refractivity contribution in [1.82, 2.24) is 0 Å². The highest BCUT2D eigenvalue weighted by Crippen LogP contribution is 2.51. The minimum atomic E-state index is -0.461. The molecule has 1 aliphatic heterocycles. The molecule has 2 bridgehead atoms. The van der Waals surface area contributed by atoms with Crippen molar-refractivity contribution in [3.63, 3.8) is 0 Å². The van der Waals surface area contributed by atoms with E-state index in [0.29, 0.717) is 5.92 Å². The van der Waals surface area contributed by atoms with E-state index >= 15 is 0 Å². The average molecular weight is 197 g/mol. The van der Waals surface area contributed by atoms with Crippen LogP contribution in [-0.2, 0) is 9.47 Å². The van der Waals surface area contributed by atoms with Crippen LogP contribution in [-0.4, -0.2) is 28.9 Å². The first kappa shape index (κ1) is 8.68. The second kappa shape index (κ2) is 2.49. The summed E-state index contributed by atoms with van der Waals surface area (Å²) < 4.78 is 11.7. The smallest absolute Gasteiger partial charge is 0.163 e. The van der Waals surface area contributed by atoms with E-state index < -0.39 is 5.79 Å². The van der Waals surface area contributed by atoms with E-state index in [1.165, 1.54) is 0 Å². The summed E-state index contributed by atoms with van der Waals surface area (Å²) in [5.41, 5.74) is 0.901. The fourth-order valence-electron chi connectivity index (χ4n) is 3.15. The van der Waals surface area contributed by atoms with Crippen LogP contribution in [0.3, 0.4) is 0 Å². The summed E-state index contributed by atoms with van der Waals surface area (Å²) in [6, 6.07) is 0. The summed E-state index contributed by atoms with van der Waals surface area (Å²) in [6.07, 6.45) is 2.28. The molecule has 0 aromatic heterocycles. The van der Waals surface area contributed by atoms with Gasteiger partial charge in [-0.2, -0.15) is 0 Å². The third kappa shape index (κ3) is 0.982. The third-order valence-electron chi connectivity index (χ3n) is 3.61. The van der Waals surface area contributed by atoms with Crippen molar-refractivity contribution >= 4 is 5.71 Å². The molecule has 1 N–H and O–H groups in total. The van der Waals surface area contributed by atoms with Gasteiger partial charge in [-0.05, 0) is 32.6 Å². The zero-order valence-corrected chi connectivity index (χ0v) is 8.43. The second-order valence-electron chi connectivity index (χ2n) is 4.96. The van der Waals surface area contributed by atoms with E-state index in [4.69, 9.17) is 14.7 Å². The molecule has 0 unspecified atom stereocenters. The van der Waals surface area contributed by atoms with Crippen molar-refractivity contribution < 1.29 is 14.7 Å². The maximum atomic E-state index is 8.83. The Bertz CT molecular complexity index is 300.